The molecule has 4 heteroatoms. The first-order chi connectivity index (χ1) is 10.8. The Labute approximate surface area is 131 Å². The smallest absolute Gasteiger partial charge is 0.227 e. The highest BCUT2D eigenvalue weighted by atomic mass is 16.5. The molecule has 1 amide bonds. The average molecular weight is 301 g/mol. The van der Waals surface area contributed by atoms with E-state index in [0.29, 0.717) is 26.2 Å². The molecule has 0 radical (unpaired) electrons. The number of ether oxygens (including phenoxy) is 2. The molecule has 0 aromatic heterocycles. The number of fused-ring (bicyclic) bond motifs is 1. The number of amides is 1. The lowest BCUT2D eigenvalue weighted by Crippen LogP contribution is -2.54. The summed E-state index contributed by atoms with van der Waals surface area (Å²) in [5.41, 5.74) is 1.06. The second-order valence-corrected chi connectivity index (χ2v) is 5.89. The lowest BCUT2D eigenvalue weighted by molar-refractivity contribution is -0.150. The number of hydrogen-bond donors (Lipinski definition) is 0. The second kappa shape index (κ2) is 7.07. The molecule has 3 atom stereocenters. The van der Waals surface area contributed by atoms with Gasteiger partial charge in [0.1, 0.15) is 6.10 Å². The highest BCUT2D eigenvalue weighted by molar-refractivity contribution is 5.79. The number of morpholine rings is 1. The molecule has 22 heavy (non-hydrogen) atoms. The standard InChI is InChI=1S/C18H23NO3/c1-2-11-21-16-9-8-15-18(16)22-12-10-19(15)17(20)13-14-6-4-3-5-7-14/h2-7,15-16,18H,1,8-13H2/t15-,16-,18+/m1/s1. The highest BCUT2D eigenvalue weighted by Crippen LogP contribution is 2.32. The molecular formula is C18H23NO3. The summed E-state index contributed by atoms with van der Waals surface area (Å²) in [6, 6.07) is 10.1. The summed E-state index contributed by atoms with van der Waals surface area (Å²) < 4.78 is 11.7. The summed E-state index contributed by atoms with van der Waals surface area (Å²) in [7, 11) is 0. The molecule has 1 aliphatic carbocycles. The Bertz CT molecular complexity index is 516. The lowest BCUT2D eigenvalue weighted by atomic mass is 10.1. The molecule has 4 nitrogen and oxygen atoms in total. The van der Waals surface area contributed by atoms with E-state index in [1.165, 1.54) is 0 Å². The predicted molar refractivity (Wildman–Crippen MR) is 84.6 cm³/mol. The van der Waals surface area contributed by atoms with Gasteiger partial charge in [0.2, 0.25) is 5.91 Å². The van der Waals surface area contributed by atoms with Crippen molar-refractivity contribution >= 4 is 5.91 Å². The van der Waals surface area contributed by atoms with Crippen molar-refractivity contribution in [3.05, 3.63) is 48.6 Å². The van der Waals surface area contributed by atoms with Crippen LogP contribution < -0.4 is 0 Å². The van der Waals surface area contributed by atoms with Crippen molar-refractivity contribution in [2.75, 3.05) is 19.8 Å². The van der Waals surface area contributed by atoms with E-state index in [1.807, 2.05) is 35.2 Å². The fraction of sp³-hybridized carbons (Fsp3) is 0.500. The Morgan fingerprint density at radius 1 is 1.36 bits per heavy atom. The van der Waals surface area contributed by atoms with Gasteiger partial charge in [0, 0.05) is 6.54 Å². The van der Waals surface area contributed by atoms with Crippen LogP contribution in [0.1, 0.15) is 18.4 Å². The average Bonchev–Trinajstić information content (AvgIpc) is 2.97. The van der Waals surface area contributed by atoms with Gasteiger partial charge in [-0.1, -0.05) is 36.4 Å². The molecule has 0 N–H and O–H groups in total. The molecule has 1 saturated carbocycles. The van der Waals surface area contributed by atoms with Crippen molar-refractivity contribution in [1.82, 2.24) is 4.90 Å². The molecule has 2 fully saturated rings. The van der Waals surface area contributed by atoms with E-state index in [-0.39, 0.29) is 24.2 Å². The van der Waals surface area contributed by atoms with Gasteiger partial charge in [-0.15, -0.1) is 6.58 Å². The molecule has 0 bridgehead atoms. The van der Waals surface area contributed by atoms with Crippen LogP contribution >= 0.6 is 0 Å². The number of carbonyl (C=O) groups excluding carboxylic acids is 1. The summed E-state index contributed by atoms with van der Waals surface area (Å²) in [5, 5.41) is 0. The van der Waals surface area contributed by atoms with E-state index >= 15 is 0 Å². The Morgan fingerprint density at radius 2 is 2.18 bits per heavy atom. The largest absolute Gasteiger partial charge is 0.372 e. The van der Waals surface area contributed by atoms with Gasteiger partial charge in [0.15, 0.2) is 0 Å². The zero-order valence-electron chi connectivity index (χ0n) is 12.8. The summed E-state index contributed by atoms with van der Waals surface area (Å²) in [6.45, 7) is 5.50. The fourth-order valence-electron chi connectivity index (χ4n) is 3.47. The van der Waals surface area contributed by atoms with Crippen LogP contribution in [0.25, 0.3) is 0 Å². The third-order valence-corrected chi connectivity index (χ3v) is 4.48. The first-order valence-corrected chi connectivity index (χ1v) is 7.97. The van der Waals surface area contributed by atoms with E-state index in [4.69, 9.17) is 9.47 Å². The molecule has 1 aromatic rings. The zero-order valence-corrected chi connectivity index (χ0v) is 12.8. The topological polar surface area (TPSA) is 38.8 Å². The van der Waals surface area contributed by atoms with Gasteiger partial charge in [-0.05, 0) is 18.4 Å². The van der Waals surface area contributed by atoms with Gasteiger partial charge in [0.05, 0.1) is 31.8 Å². The molecule has 1 heterocycles. The van der Waals surface area contributed by atoms with Crippen molar-refractivity contribution in [2.45, 2.75) is 37.5 Å². The first kappa shape index (κ1) is 15.3. The molecule has 2 aliphatic rings. The maximum Gasteiger partial charge on any atom is 0.227 e. The van der Waals surface area contributed by atoms with Crippen LogP contribution in [0.5, 0.6) is 0 Å². The van der Waals surface area contributed by atoms with Crippen LogP contribution in [0.15, 0.2) is 43.0 Å². The fourth-order valence-corrected chi connectivity index (χ4v) is 3.47. The SMILES string of the molecule is C=CCO[C@@H]1CC[C@@H]2[C@@H]1OCCN2C(=O)Cc1ccccc1. The Morgan fingerprint density at radius 3 is 2.95 bits per heavy atom. The minimum absolute atomic E-state index is 0.00780. The quantitative estimate of drug-likeness (QED) is 0.783. The monoisotopic (exact) mass is 301 g/mol. The van der Waals surface area contributed by atoms with Gasteiger partial charge >= 0.3 is 0 Å². The predicted octanol–water partition coefficient (Wildman–Crippen LogP) is 2.19. The molecule has 0 unspecified atom stereocenters. The van der Waals surface area contributed by atoms with E-state index < -0.39 is 0 Å². The van der Waals surface area contributed by atoms with E-state index in [1.54, 1.807) is 6.08 Å². The van der Waals surface area contributed by atoms with Crippen molar-refractivity contribution < 1.29 is 14.3 Å². The summed E-state index contributed by atoms with van der Waals surface area (Å²) >= 11 is 0. The Balaban J connectivity index is 1.64. The molecular weight excluding hydrogens is 278 g/mol. The van der Waals surface area contributed by atoms with E-state index in [2.05, 4.69) is 6.58 Å². The number of carbonyl (C=O) groups is 1. The van der Waals surface area contributed by atoms with E-state index in [9.17, 15) is 4.79 Å². The molecule has 1 saturated heterocycles. The third kappa shape index (κ3) is 3.23. The third-order valence-electron chi connectivity index (χ3n) is 4.48. The van der Waals surface area contributed by atoms with Gasteiger partial charge in [-0.3, -0.25) is 4.79 Å². The number of nitrogens with zero attached hydrogens (tertiary/aromatic N) is 1. The molecule has 3 rings (SSSR count). The maximum absolute atomic E-state index is 12.6. The minimum atomic E-state index is 0.00780. The van der Waals surface area contributed by atoms with E-state index in [0.717, 1.165) is 18.4 Å². The highest BCUT2D eigenvalue weighted by Gasteiger charge is 2.44. The number of hydrogen-bond acceptors (Lipinski definition) is 3. The lowest BCUT2D eigenvalue weighted by Gasteiger charge is -2.39. The van der Waals surface area contributed by atoms with Gasteiger partial charge in [0.25, 0.3) is 0 Å². The van der Waals surface area contributed by atoms with Crippen molar-refractivity contribution in [1.29, 1.82) is 0 Å². The van der Waals surface area contributed by atoms with Crippen molar-refractivity contribution in [3.8, 4) is 0 Å². The van der Waals surface area contributed by atoms with Crippen LogP contribution in [0, 0.1) is 0 Å². The molecule has 118 valence electrons. The molecule has 0 spiro atoms. The number of benzene rings is 1. The van der Waals surface area contributed by atoms with Gasteiger partial charge < -0.3 is 14.4 Å². The summed E-state index contributed by atoms with van der Waals surface area (Å²) in [5.74, 6) is 0.189. The van der Waals surface area contributed by atoms with Crippen LogP contribution in [-0.4, -0.2) is 48.8 Å². The Hall–Kier alpha value is -1.65. The van der Waals surface area contributed by atoms with Crippen LogP contribution in [0.3, 0.4) is 0 Å². The van der Waals surface area contributed by atoms with Crippen LogP contribution in [-0.2, 0) is 20.7 Å². The summed E-state index contributed by atoms with van der Waals surface area (Å²) in [6.07, 6.45) is 4.20. The molecule has 1 aromatic carbocycles. The van der Waals surface area contributed by atoms with Crippen LogP contribution in [0.4, 0.5) is 0 Å². The normalized spacial score (nSPS) is 27.5. The van der Waals surface area contributed by atoms with Gasteiger partial charge in [-0.2, -0.15) is 0 Å². The van der Waals surface area contributed by atoms with Gasteiger partial charge in [-0.25, -0.2) is 0 Å². The van der Waals surface area contributed by atoms with Crippen molar-refractivity contribution in [3.63, 3.8) is 0 Å². The maximum atomic E-state index is 12.6. The first-order valence-electron chi connectivity index (χ1n) is 7.97. The Kier molecular flexibility index (Phi) is 4.90. The molecule has 1 aliphatic heterocycles. The summed E-state index contributed by atoms with van der Waals surface area (Å²) in [4.78, 5) is 14.6. The van der Waals surface area contributed by atoms with Crippen LogP contribution in [0.2, 0.25) is 0 Å². The second-order valence-electron chi connectivity index (χ2n) is 5.89. The minimum Gasteiger partial charge on any atom is -0.372 e. The number of rotatable bonds is 5. The zero-order chi connectivity index (χ0) is 15.4. The van der Waals surface area contributed by atoms with Crippen molar-refractivity contribution in [2.24, 2.45) is 0 Å².